The van der Waals surface area contributed by atoms with Gasteiger partial charge in [0.25, 0.3) is 5.91 Å². The lowest BCUT2D eigenvalue weighted by Gasteiger charge is -2.22. The molecule has 3 rings (SSSR count). The summed E-state index contributed by atoms with van der Waals surface area (Å²) in [7, 11) is 1.52. The van der Waals surface area contributed by atoms with Gasteiger partial charge in [-0.2, -0.15) is 0 Å². The molecule has 2 N–H and O–H groups in total. The van der Waals surface area contributed by atoms with Crippen LogP contribution in [0.15, 0.2) is 60.0 Å². The molecule has 0 spiro atoms. The molecule has 10 heteroatoms. The molecule has 0 saturated heterocycles. The molecule has 0 saturated carbocycles. The first kappa shape index (κ1) is 25.4. The number of methoxy groups -OCH3 is 1. The molecule has 178 valence electrons. The van der Waals surface area contributed by atoms with Crippen LogP contribution in [0, 0.1) is 0 Å². The van der Waals surface area contributed by atoms with Gasteiger partial charge in [0.05, 0.1) is 29.3 Å². The van der Waals surface area contributed by atoms with Crippen LogP contribution in [-0.2, 0) is 27.3 Å². The van der Waals surface area contributed by atoms with Crippen molar-refractivity contribution < 1.29 is 19.1 Å². The first-order chi connectivity index (χ1) is 16.5. The average Bonchev–Trinajstić information content (AvgIpc) is 3.27. The summed E-state index contributed by atoms with van der Waals surface area (Å²) in [6.45, 7) is 0.728. The van der Waals surface area contributed by atoms with Crippen LogP contribution in [0.4, 0.5) is 5.13 Å². The molecule has 1 heterocycles. The van der Waals surface area contributed by atoms with Crippen molar-refractivity contribution in [1.29, 1.82) is 0 Å². The Kier molecular flexibility index (Phi) is 9.57. The highest BCUT2D eigenvalue weighted by atomic mass is 35.5. The predicted molar refractivity (Wildman–Crippen MR) is 132 cm³/mol. The molecule has 34 heavy (non-hydrogen) atoms. The zero-order chi connectivity index (χ0) is 24.3. The minimum Gasteiger partial charge on any atom is -0.383 e. The average molecular weight is 501 g/mol. The number of nitrogens with one attached hydrogen (secondary N) is 2. The minimum absolute atomic E-state index is 0.101. The molecule has 0 atom stereocenters. The van der Waals surface area contributed by atoms with Crippen molar-refractivity contribution >= 4 is 45.8 Å². The Labute approximate surface area is 206 Å². The molecule has 3 aromatic rings. The van der Waals surface area contributed by atoms with E-state index in [0.29, 0.717) is 28.0 Å². The molecule has 0 aliphatic heterocycles. The number of thiazole rings is 1. The number of anilines is 1. The molecule has 2 aromatic carbocycles. The van der Waals surface area contributed by atoms with E-state index >= 15 is 0 Å². The number of ether oxygens (including phenoxy) is 1. The van der Waals surface area contributed by atoms with Crippen LogP contribution in [0.25, 0.3) is 0 Å². The van der Waals surface area contributed by atoms with E-state index < -0.39 is 5.91 Å². The summed E-state index contributed by atoms with van der Waals surface area (Å²) in [6.07, 6.45) is 0.101. The standard InChI is InChI=1S/C24H25ClN4O4S/c1-33-12-11-29(23(32)19-9-5-6-10-20(19)25)15-22(31)28-24-27-18(16-34-24)13-21(30)26-14-17-7-3-2-4-8-17/h2-10,16H,11-15H2,1H3,(H,26,30)(H,27,28,31). The summed E-state index contributed by atoms with van der Waals surface area (Å²) in [5.41, 5.74) is 1.87. The number of benzene rings is 2. The number of halogens is 1. The third-order valence-corrected chi connectivity index (χ3v) is 5.90. The lowest BCUT2D eigenvalue weighted by atomic mass is 10.2. The Morgan fingerprint density at radius 1 is 1.06 bits per heavy atom. The molecule has 0 unspecified atom stereocenters. The second-order valence-electron chi connectivity index (χ2n) is 7.33. The summed E-state index contributed by atoms with van der Waals surface area (Å²) in [4.78, 5) is 43.4. The highest BCUT2D eigenvalue weighted by Gasteiger charge is 2.21. The maximum Gasteiger partial charge on any atom is 0.255 e. The summed E-state index contributed by atoms with van der Waals surface area (Å²) in [6, 6.07) is 16.3. The second-order valence-corrected chi connectivity index (χ2v) is 8.60. The fourth-order valence-corrected chi connectivity index (χ4v) is 4.00. The Balaban J connectivity index is 1.54. The summed E-state index contributed by atoms with van der Waals surface area (Å²) >= 11 is 7.36. The quantitative estimate of drug-likeness (QED) is 0.420. The fourth-order valence-electron chi connectivity index (χ4n) is 3.06. The summed E-state index contributed by atoms with van der Waals surface area (Å²) in [5.74, 6) is -0.943. The van der Waals surface area contributed by atoms with Gasteiger partial charge in [-0.05, 0) is 17.7 Å². The van der Waals surface area contributed by atoms with E-state index in [1.807, 2.05) is 30.3 Å². The van der Waals surface area contributed by atoms with Crippen LogP contribution in [0.3, 0.4) is 0 Å². The maximum atomic E-state index is 12.9. The number of aromatic nitrogens is 1. The van der Waals surface area contributed by atoms with Crippen molar-refractivity contribution in [3.8, 4) is 0 Å². The van der Waals surface area contributed by atoms with Crippen LogP contribution in [0.5, 0.6) is 0 Å². The smallest absolute Gasteiger partial charge is 0.255 e. The highest BCUT2D eigenvalue weighted by Crippen LogP contribution is 2.18. The van der Waals surface area contributed by atoms with Crippen molar-refractivity contribution in [2.24, 2.45) is 0 Å². The van der Waals surface area contributed by atoms with Crippen molar-refractivity contribution in [2.75, 3.05) is 32.1 Å². The van der Waals surface area contributed by atoms with Crippen LogP contribution >= 0.6 is 22.9 Å². The Morgan fingerprint density at radius 3 is 2.53 bits per heavy atom. The molecule has 0 bridgehead atoms. The van der Waals surface area contributed by atoms with Gasteiger partial charge in [-0.15, -0.1) is 11.3 Å². The number of carbonyl (C=O) groups excluding carboxylic acids is 3. The number of carbonyl (C=O) groups is 3. The van der Waals surface area contributed by atoms with Crippen LogP contribution < -0.4 is 10.6 Å². The van der Waals surface area contributed by atoms with Gasteiger partial charge in [0.15, 0.2) is 5.13 Å². The topological polar surface area (TPSA) is 101 Å². The Bertz CT molecular complexity index is 1120. The molecular weight excluding hydrogens is 476 g/mol. The normalized spacial score (nSPS) is 10.5. The molecule has 0 aliphatic carbocycles. The lowest BCUT2D eigenvalue weighted by molar-refractivity contribution is -0.120. The van der Waals surface area contributed by atoms with Crippen molar-refractivity contribution in [3.05, 3.63) is 81.8 Å². The summed E-state index contributed by atoms with van der Waals surface area (Å²) in [5, 5.41) is 7.92. The van der Waals surface area contributed by atoms with E-state index in [2.05, 4.69) is 15.6 Å². The van der Waals surface area contributed by atoms with Gasteiger partial charge in [-0.1, -0.05) is 54.1 Å². The zero-order valence-corrected chi connectivity index (χ0v) is 20.2. The van der Waals surface area contributed by atoms with Crippen molar-refractivity contribution in [1.82, 2.24) is 15.2 Å². The highest BCUT2D eigenvalue weighted by molar-refractivity contribution is 7.13. The van der Waals surface area contributed by atoms with Gasteiger partial charge in [-0.3, -0.25) is 14.4 Å². The van der Waals surface area contributed by atoms with Crippen molar-refractivity contribution in [2.45, 2.75) is 13.0 Å². The fraction of sp³-hybridized carbons (Fsp3) is 0.250. The molecule has 0 fully saturated rings. The van der Waals surface area contributed by atoms with E-state index in [1.165, 1.54) is 23.3 Å². The van der Waals surface area contributed by atoms with Gasteiger partial charge in [-0.25, -0.2) is 4.98 Å². The molecule has 1 aromatic heterocycles. The van der Waals surface area contributed by atoms with E-state index in [-0.39, 0.29) is 37.9 Å². The van der Waals surface area contributed by atoms with E-state index in [1.54, 1.807) is 29.6 Å². The van der Waals surface area contributed by atoms with Gasteiger partial charge < -0.3 is 20.3 Å². The third-order valence-electron chi connectivity index (χ3n) is 4.76. The lowest BCUT2D eigenvalue weighted by Crippen LogP contribution is -2.40. The largest absolute Gasteiger partial charge is 0.383 e. The van der Waals surface area contributed by atoms with E-state index in [4.69, 9.17) is 16.3 Å². The van der Waals surface area contributed by atoms with Gasteiger partial charge in [0.1, 0.15) is 6.54 Å². The van der Waals surface area contributed by atoms with E-state index in [0.717, 1.165) is 5.56 Å². The molecule has 0 aliphatic rings. The van der Waals surface area contributed by atoms with Crippen LogP contribution in [-0.4, -0.2) is 54.4 Å². The molecule has 3 amide bonds. The van der Waals surface area contributed by atoms with Gasteiger partial charge >= 0.3 is 0 Å². The number of rotatable bonds is 11. The zero-order valence-electron chi connectivity index (χ0n) is 18.6. The first-order valence-corrected chi connectivity index (χ1v) is 11.8. The number of amides is 3. The summed E-state index contributed by atoms with van der Waals surface area (Å²) < 4.78 is 5.07. The monoisotopic (exact) mass is 500 g/mol. The number of hydrogen-bond donors (Lipinski definition) is 2. The number of nitrogens with zero attached hydrogens (tertiary/aromatic N) is 2. The second kappa shape index (κ2) is 12.8. The SMILES string of the molecule is COCCN(CC(=O)Nc1nc(CC(=O)NCc2ccccc2)cs1)C(=O)c1ccccc1Cl. The van der Waals surface area contributed by atoms with Crippen LogP contribution in [0.2, 0.25) is 5.02 Å². The van der Waals surface area contributed by atoms with Crippen molar-refractivity contribution in [3.63, 3.8) is 0 Å². The first-order valence-electron chi connectivity index (χ1n) is 10.5. The molecule has 8 nitrogen and oxygen atoms in total. The third kappa shape index (κ3) is 7.65. The minimum atomic E-state index is -0.411. The Morgan fingerprint density at radius 2 is 1.79 bits per heavy atom. The van der Waals surface area contributed by atoms with E-state index in [9.17, 15) is 14.4 Å². The van der Waals surface area contributed by atoms with Gasteiger partial charge in [0.2, 0.25) is 11.8 Å². The Hall–Kier alpha value is -3.27. The van der Waals surface area contributed by atoms with Crippen LogP contribution in [0.1, 0.15) is 21.6 Å². The number of hydrogen-bond acceptors (Lipinski definition) is 6. The maximum absolute atomic E-state index is 12.9. The molecule has 0 radical (unpaired) electrons. The molecular formula is C24H25ClN4O4S. The predicted octanol–water partition coefficient (Wildman–Crippen LogP) is 3.38. The van der Waals surface area contributed by atoms with Gasteiger partial charge in [0, 0.05) is 25.6 Å².